The van der Waals surface area contributed by atoms with Gasteiger partial charge in [0.05, 0.1) is 16.8 Å². The summed E-state index contributed by atoms with van der Waals surface area (Å²) in [6.45, 7) is 0. The predicted molar refractivity (Wildman–Crippen MR) is 85.9 cm³/mol. The van der Waals surface area contributed by atoms with E-state index in [1.807, 2.05) is 18.2 Å². The maximum absolute atomic E-state index is 12.4. The zero-order valence-corrected chi connectivity index (χ0v) is 12.4. The number of nitrogens with one attached hydrogen (secondary N) is 1. The molecule has 1 aromatic heterocycles. The van der Waals surface area contributed by atoms with E-state index < -0.39 is 5.91 Å². The van der Waals surface area contributed by atoms with Gasteiger partial charge in [0.15, 0.2) is 10.9 Å². The predicted octanol–water partition coefficient (Wildman–Crippen LogP) is 2.37. The van der Waals surface area contributed by atoms with Gasteiger partial charge in [-0.25, -0.2) is 4.98 Å². The topological polar surface area (TPSA) is 88.8 Å². The van der Waals surface area contributed by atoms with Crippen LogP contribution < -0.4 is 5.73 Å². The van der Waals surface area contributed by atoms with Gasteiger partial charge in [-0.15, -0.1) is 0 Å². The van der Waals surface area contributed by atoms with Gasteiger partial charge in [-0.2, -0.15) is 0 Å². The first-order valence-corrected chi connectivity index (χ1v) is 7.62. The molecule has 1 amide bonds. The Hall–Kier alpha value is -2.60. The molecule has 1 heterocycles. The number of aromatic amines is 1. The molecule has 0 aliphatic rings. The largest absolute Gasteiger partial charge is 0.369 e. The third-order valence-corrected chi connectivity index (χ3v) is 4.01. The molecule has 3 rings (SSSR count). The Morgan fingerprint density at radius 2 is 1.86 bits per heavy atom. The minimum absolute atomic E-state index is 0.0385. The number of rotatable bonds is 5. The third kappa shape index (κ3) is 3.01. The summed E-state index contributed by atoms with van der Waals surface area (Å²) in [6.07, 6.45) is 0. The summed E-state index contributed by atoms with van der Waals surface area (Å²) in [7, 11) is 0. The molecule has 0 radical (unpaired) electrons. The molecule has 0 unspecified atom stereocenters. The van der Waals surface area contributed by atoms with Gasteiger partial charge in [0.25, 0.3) is 0 Å². The monoisotopic (exact) mass is 311 g/mol. The fraction of sp³-hybridized carbons (Fsp3) is 0.0625. The molecule has 110 valence electrons. The number of primary amides is 1. The molecule has 2 aromatic carbocycles. The zero-order chi connectivity index (χ0) is 15.5. The van der Waals surface area contributed by atoms with E-state index in [-0.39, 0.29) is 11.5 Å². The number of carbonyl (C=O) groups excluding carboxylic acids is 2. The number of fused-ring (bicyclic) bond motifs is 1. The number of aromatic nitrogens is 2. The minimum atomic E-state index is -0.398. The summed E-state index contributed by atoms with van der Waals surface area (Å²) in [6, 6.07) is 14.4. The lowest BCUT2D eigenvalue weighted by Gasteiger charge is -2.00. The number of H-pyrrole nitrogens is 1. The fourth-order valence-electron chi connectivity index (χ4n) is 2.09. The normalized spacial score (nSPS) is 10.7. The lowest BCUT2D eigenvalue weighted by atomic mass is 10.0. The van der Waals surface area contributed by atoms with Crippen LogP contribution in [0.25, 0.3) is 11.0 Å². The van der Waals surface area contributed by atoms with Gasteiger partial charge in [0, 0.05) is 11.1 Å². The molecular formula is C16H13N3O2S. The minimum Gasteiger partial charge on any atom is -0.369 e. The van der Waals surface area contributed by atoms with Crippen molar-refractivity contribution < 1.29 is 9.59 Å². The van der Waals surface area contributed by atoms with Crippen LogP contribution in [0.4, 0.5) is 0 Å². The van der Waals surface area contributed by atoms with E-state index in [0.717, 1.165) is 11.0 Å². The van der Waals surface area contributed by atoms with Crippen molar-refractivity contribution in [3.63, 3.8) is 0 Å². The van der Waals surface area contributed by atoms with Crippen LogP contribution in [-0.4, -0.2) is 27.4 Å². The van der Waals surface area contributed by atoms with E-state index in [9.17, 15) is 9.59 Å². The lowest BCUT2D eigenvalue weighted by Crippen LogP contribution is -2.13. The van der Waals surface area contributed by atoms with E-state index in [1.165, 1.54) is 11.8 Å². The summed E-state index contributed by atoms with van der Waals surface area (Å²) in [4.78, 5) is 30.7. The van der Waals surface area contributed by atoms with Gasteiger partial charge in [0.2, 0.25) is 5.91 Å². The van der Waals surface area contributed by atoms with Crippen LogP contribution in [0.1, 0.15) is 15.9 Å². The number of ketones is 1. The first kappa shape index (κ1) is 14.3. The molecule has 0 spiro atoms. The summed E-state index contributed by atoms with van der Waals surface area (Å²) >= 11 is 1.24. The number of nitrogens with two attached hydrogens (primary N) is 1. The van der Waals surface area contributed by atoms with Gasteiger partial charge in [-0.05, 0) is 18.2 Å². The molecule has 0 aliphatic carbocycles. The number of thioether (sulfide) groups is 1. The number of benzene rings is 2. The third-order valence-electron chi connectivity index (χ3n) is 3.11. The van der Waals surface area contributed by atoms with E-state index in [0.29, 0.717) is 16.3 Å². The van der Waals surface area contributed by atoms with E-state index in [2.05, 4.69) is 9.97 Å². The molecule has 0 aliphatic heterocycles. The lowest BCUT2D eigenvalue weighted by molar-refractivity contribution is -0.115. The van der Waals surface area contributed by atoms with Crippen LogP contribution in [-0.2, 0) is 4.79 Å². The summed E-state index contributed by atoms with van der Waals surface area (Å²) in [5, 5.41) is 0.609. The Morgan fingerprint density at radius 3 is 2.59 bits per heavy atom. The summed E-state index contributed by atoms with van der Waals surface area (Å²) in [5.41, 5.74) is 7.86. The highest BCUT2D eigenvalue weighted by atomic mass is 32.2. The second-order valence-electron chi connectivity index (χ2n) is 4.72. The average Bonchev–Trinajstić information content (AvgIpc) is 2.95. The van der Waals surface area contributed by atoms with Crippen LogP contribution in [0.3, 0.4) is 0 Å². The molecule has 3 N–H and O–H groups in total. The molecule has 0 atom stereocenters. The molecule has 6 heteroatoms. The quantitative estimate of drug-likeness (QED) is 0.559. The Labute approximate surface area is 130 Å². The highest BCUT2D eigenvalue weighted by Gasteiger charge is 2.11. The number of amides is 1. The van der Waals surface area contributed by atoms with Crippen molar-refractivity contribution in [3.8, 4) is 0 Å². The van der Waals surface area contributed by atoms with Gasteiger partial charge in [-0.1, -0.05) is 42.1 Å². The van der Waals surface area contributed by atoms with Gasteiger partial charge < -0.3 is 10.7 Å². The SMILES string of the molecule is NC(=O)CSc1nc2ccc(C(=O)c3ccccc3)cc2[nH]1. The molecule has 0 fully saturated rings. The van der Waals surface area contributed by atoms with E-state index in [1.54, 1.807) is 30.3 Å². The number of imidazole rings is 1. The highest BCUT2D eigenvalue weighted by molar-refractivity contribution is 7.99. The maximum atomic E-state index is 12.4. The van der Waals surface area contributed by atoms with Crippen molar-refractivity contribution in [2.45, 2.75) is 5.16 Å². The Bertz CT molecular complexity index is 843. The van der Waals surface area contributed by atoms with Crippen molar-refractivity contribution >= 4 is 34.5 Å². The number of hydrogen-bond acceptors (Lipinski definition) is 4. The fourth-order valence-corrected chi connectivity index (χ4v) is 2.72. The molecule has 0 saturated heterocycles. The van der Waals surface area contributed by atoms with Crippen molar-refractivity contribution in [2.24, 2.45) is 5.73 Å². The average molecular weight is 311 g/mol. The number of hydrogen-bond donors (Lipinski definition) is 2. The Kier molecular flexibility index (Phi) is 3.93. The Morgan fingerprint density at radius 1 is 1.09 bits per heavy atom. The van der Waals surface area contributed by atoms with Crippen molar-refractivity contribution in [1.82, 2.24) is 9.97 Å². The maximum Gasteiger partial charge on any atom is 0.227 e. The van der Waals surface area contributed by atoms with E-state index in [4.69, 9.17) is 5.73 Å². The smallest absolute Gasteiger partial charge is 0.227 e. The Balaban J connectivity index is 1.89. The number of carbonyl (C=O) groups is 2. The number of nitrogens with zero attached hydrogens (tertiary/aromatic N) is 1. The van der Waals surface area contributed by atoms with Crippen LogP contribution in [0.5, 0.6) is 0 Å². The first-order valence-electron chi connectivity index (χ1n) is 6.64. The highest BCUT2D eigenvalue weighted by Crippen LogP contribution is 2.21. The second kappa shape index (κ2) is 6.03. The summed E-state index contributed by atoms with van der Waals surface area (Å²) in [5.74, 6) is -0.274. The molecule has 3 aromatic rings. The van der Waals surface area contributed by atoms with Crippen molar-refractivity contribution in [2.75, 3.05) is 5.75 Å². The molecular weight excluding hydrogens is 298 g/mol. The van der Waals surface area contributed by atoms with Gasteiger partial charge >= 0.3 is 0 Å². The molecule has 5 nitrogen and oxygen atoms in total. The summed E-state index contributed by atoms with van der Waals surface area (Å²) < 4.78 is 0. The molecule has 22 heavy (non-hydrogen) atoms. The zero-order valence-electron chi connectivity index (χ0n) is 11.6. The van der Waals surface area contributed by atoms with Crippen LogP contribution >= 0.6 is 11.8 Å². The van der Waals surface area contributed by atoms with Crippen LogP contribution in [0, 0.1) is 0 Å². The van der Waals surface area contributed by atoms with Crippen LogP contribution in [0.2, 0.25) is 0 Å². The van der Waals surface area contributed by atoms with Gasteiger partial charge in [0.1, 0.15) is 0 Å². The van der Waals surface area contributed by atoms with Crippen LogP contribution in [0.15, 0.2) is 53.7 Å². The van der Waals surface area contributed by atoms with E-state index >= 15 is 0 Å². The first-order chi connectivity index (χ1) is 10.6. The molecule has 0 saturated carbocycles. The standard InChI is InChI=1S/C16H13N3O2S/c17-14(20)9-22-16-18-12-7-6-11(8-13(12)19-16)15(21)10-4-2-1-3-5-10/h1-8H,9H2,(H2,17,20)(H,18,19). The molecule has 0 bridgehead atoms. The van der Waals surface area contributed by atoms with Crippen molar-refractivity contribution in [3.05, 3.63) is 59.7 Å². The van der Waals surface area contributed by atoms with Gasteiger partial charge in [-0.3, -0.25) is 9.59 Å². The van der Waals surface area contributed by atoms with Crippen molar-refractivity contribution in [1.29, 1.82) is 0 Å². The second-order valence-corrected chi connectivity index (χ2v) is 5.69.